The Morgan fingerprint density at radius 2 is 2.15 bits per heavy atom. The van der Waals surface area contributed by atoms with E-state index in [4.69, 9.17) is 0 Å². The van der Waals surface area contributed by atoms with Gasteiger partial charge in [0.2, 0.25) is 5.91 Å². The van der Waals surface area contributed by atoms with Crippen molar-refractivity contribution in [1.82, 2.24) is 10.6 Å². The lowest BCUT2D eigenvalue weighted by atomic mass is 9.85. The molecule has 20 heavy (non-hydrogen) atoms. The Morgan fingerprint density at radius 3 is 2.85 bits per heavy atom. The first-order chi connectivity index (χ1) is 9.70. The average molecular weight is 296 g/mol. The molecule has 2 unspecified atom stereocenters. The SMILES string of the molecule is O=C(CNC(=O)c1cccs1)NC1CCCCC1CO. The number of hydrogen-bond donors (Lipinski definition) is 3. The maximum absolute atomic E-state index is 11.8. The van der Waals surface area contributed by atoms with E-state index in [9.17, 15) is 14.7 Å². The largest absolute Gasteiger partial charge is 0.396 e. The van der Waals surface area contributed by atoms with Crippen LogP contribution in [0.15, 0.2) is 17.5 Å². The van der Waals surface area contributed by atoms with Crippen LogP contribution in [-0.4, -0.2) is 36.1 Å². The molecule has 1 fully saturated rings. The Bertz CT molecular complexity index is 447. The van der Waals surface area contributed by atoms with Crippen molar-refractivity contribution >= 4 is 23.2 Å². The topological polar surface area (TPSA) is 78.4 Å². The summed E-state index contributed by atoms with van der Waals surface area (Å²) in [6.07, 6.45) is 4.02. The summed E-state index contributed by atoms with van der Waals surface area (Å²) in [4.78, 5) is 24.1. The second kappa shape index (κ2) is 7.40. The molecule has 5 nitrogen and oxygen atoms in total. The molecule has 2 amide bonds. The molecule has 0 saturated heterocycles. The first-order valence-electron chi connectivity index (χ1n) is 6.92. The molecular weight excluding hydrogens is 276 g/mol. The summed E-state index contributed by atoms with van der Waals surface area (Å²) in [5.41, 5.74) is 0. The molecule has 1 saturated carbocycles. The van der Waals surface area contributed by atoms with Crippen LogP contribution in [0.2, 0.25) is 0 Å². The lowest BCUT2D eigenvalue weighted by Gasteiger charge is -2.30. The lowest BCUT2D eigenvalue weighted by molar-refractivity contribution is -0.121. The molecule has 3 N–H and O–H groups in total. The summed E-state index contributed by atoms with van der Waals surface area (Å²) in [5.74, 6) is -0.279. The maximum Gasteiger partial charge on any atom is 0.261 e. The van der Waals surface area contributed by atoms with Crippen molar-refractivity contribution in [2.75, 3.05) is 13.2 Å². The van der Waals surface area contributed by atoms with Crippen LogP contribution in [0.4, 0.5) is 0 Å². The van der Waals surface area contributed by atoms with Crippen LogP contribution in [-0.2, 0) is 4.79 Å². The summed E-state index contributed by atoms with van der Waals surface area (Å²) in [6.45, 7) is 0.0812. The molecule has 1 aliphatic rings. The number of thiophene rings is 1. The van der Waals surface area contributed by atoms with Crippen molar-refractivity contribution < 1.29 is 14.7 Å². The number of hydrogen-bond acceptors (Lipinski definition) is 4. The Hall–Kier alpha value is -1.40. The van der Waals surface area contributed by atoms with Gasteiger partial charge in [0.15, 0.2) is 0 Å². The smallest absolute Gasteiger partial charge is 0.261 e. The highest BCUT2D eigenvalue weighted by Gasteiger charge is 2.25. The molecule has 2 atom stereocenters. The van der Waals surface area contributed by atoms with Crippen molar-refractivity contribution in [3.63, 3.8) is 0 Å². The molecule has 6 heteroatoms. The van der Waals surface area contributed by atoms with Crippen molar-refractivity contribution in [3.05, 3.63) is 22.4 Å². The van der Waals surface area contributed by atoms with E-state index in [0.29, 0.717) is 4.88 Å². The van der Waals surface area contributed by atoms with Crippen LogP contribution >= 0.6 is 11.3 Å². The van der Waals surface area contributed by atoms with E-state index in [1.54, 1.807) is 12.1 Å². The maximum atomic E-state index is 11.8. The van der Waals surface area contributed by atoms with E-state index in [0.717, 1.165) is 25.7 Å². The third-order valence-electron chi connectivity index (χ3n) is 3.64. The quantitative estimate of drug-likeness (QED) is 0.762. The van der Waals surface area contributed by atoms with Gasteiger partial charge in [0, 0.05) is 18.6 Å². The Kier molecular flexibility index (Phi) is 5.55. The minimum absolute atomic E-state index is 0.0224. The zero-order chi connectivity index (χ0) is 14.4. The lowest BCUT2D eigenvalue weighted by Crippen LogP contribution is -2.47. The number of aliphatic hydroxyl groups is 1. The van der Waals surface area contributed by atoms with E-state index in [1.165, 1.54) is 11.3 Å². The van der Waals surface area contributed by atoms with Crippen LogP contribution in [0, 0.1) is 5.92 Å². The molecule has 0 spiro atoms. The second-order valence-electron chi connectivity index (χ2n) is 5.06. The van der Waals surface area contributed by atoms with Gasteiger partial charge < -0.3 is 15.7 Å². The van der Waals surface area contributed by atoms with Gasteiger partial charge in [-0.1, -0.05) is 18.9 Å². The number of amides is 2. The van der Waals surface area contributed by atoms with Gasteiger partial charge in [-0.3, -0.25) is 9.59 Å². The fraction of sp³-hybridized carbons (Fsp3) is 0.571. The van der Waals surface area contributed by atoms with E-state index in [-0.39, 0.29) is 36.9 Å². The van der Waals surface area contributed by atoms with Gasteiger partial charge in [-0.15, -0.1) is 11.3 Å². The van der Waals surface area contributed by atoms with E-state index in [1.807, 2.05) is 5.38 Å². The molecule has 0 bridgehead atoms. The predicted octanol–water partition coefficient (Wildman–Crippen LogP) is 1.15. The number of nitrogens with one attached hydrogen (secondary N) is 2. The summed E-state index contributed by atoms with van der Waals surface area (Å²) in [5, 5.41) is 16.6. The standard InChI is InChI=1S/C14H20N2O3S/c17-9-10-4-1-2-5-11(10)16-13(18)8-15-14(19)12-6-3-7-20-12/h3,6-7,10-11,17H,1-2,4-5,8-9H2,(H,15,19)(H,16,18). The van der Waals surface area contributed by atoms with Crippen LogP contribution in [0.25, 0.3) is 0 Å². The fourth-order valence-corrected chi connectivity index (χ4v) is 3.17. The third-order valence-corrected chi connectivity index (χ3v) is 4.51. The Morgan fingerprint density at radius 1 is 1.35 bits per heavy atom. The highest BCUT2D eigenvalue weighted by atomic mass is 32.1. The number of carbonyl (C=O) groups is 2. The van der Waals surface area contributed by atoms with Crippen molar-refractivity contribution in [2.24, 2.45) is 5.92 Å². The molecule has 2 rings (SSSR count). The van der Waals surface area contributed by atoms with Gasteiger partial charge >= 0.3 is 0 Å². The highest BCUT2D eigenvalue weighted by molar-refractivity contribution is 7.12. The molecule has 0 radical (unpaired) electrons. The van der Waals surface area contributed by atoms with E-state index in [2.05, 4.69) is 10.6 Å². The van der Waals surface area contributed by atoms with Gasteiger partial charge in [-0.05, 0) is 24.3 Å². The summed E-state index contributed by atoms with van der Waals surface area (Å²) < 4.78 is 0. The van der Waals surface area contributed by atoms with Gasteiger partial charge in [-0.2, -0.15) is 0 Å². The van der Waals surface area contributed by atoms with E-state index >= 15 is 0 Å². The van der Waals surface area contributed by atoms with Crippen molar-refractivity contribution in [3.8, 4) is 0 Å². The van der Waals surface area contributed by atoms with Gasteiger partial charge in [0.05, 0.1) is 11.4 Å². The minimum Gasteiger partial charge on any atom is -0.396 e. The Balaban J connectivity index is 1.76. The van der Waals surface area contributed by atoms with Gasteiger partial charge in [0.1, 0.15) is 0 Å². The summed E-state index contributed by atoms with van der Waals surface area (Å²) >= 11 is 1.35. The van der Waals surface area contributed by atoms with Crippen LogP contribution in [0.1, 0.15) is 35.4 Å². The van der Waals surface area contributed by atoms with Crippen molar-refractivity contribution in [1.29, 1.82) is 0 Å². The molecule has 1 aliphatic carbocycles. The van der Waals surface area contributed by atoms with Crippen molar-refractivity contribution in [2.45, 2.75) is 31.7 Å². The highest BCUT2D eigenvalue weighted by Crippen LogP contribution is 2.23. The molecule has 1 heterocycles. The zero-order valence-corrected chi connectivity index (χ0v) is 12.1. The summed E-state index contributed by atoms with van der Waals surface area (Å²) in [6, 6.07) is 3.55. The minimum atomic E-state index is -0.225. The molecule has 1 aromatic heterocycles. The number of carbonyl (C=O) groups excluding carboxylic acids is 2. The zero-order valence-electron chi connectivity index (χ0n) is 11.3. The predicted molar refractivity (Wildman–Crippen MR) is 77.6 cm³/mol. The molecule has 1 aromatic rings. The van der Waals surface area contributed by atoms with Crippen LogP contribution in [0.3, 0.4) is 0 Å². The average Bonchev–Trinajstić information content (AvgIpc) is 2.99. The third kappa shape index (κ3) is 4.05. The second-order valence-corrected chi connectivity index (χ2v) is 6.01. The first kappa shape index (κ1) is 15.0. The van der Waals surface area contributed by atoms with Gasteiger partial charge in [0.25, 0.3) is 5.91 Å². The monoisotopic (exact) mass is 296 g/mol. The fourth-order valence-electron chi connectivity index (χ4n) is 2.53. The molecule has 110 valence electrons. The van der Waals surface area contributed by atoms with Gasteiger partial charge in [-0.25, -0.2) is 0 Å². The normalized spacial score (nSPS) is 22.2. The molecule has 0 aliphatic heterocycles. The number of rotatable bonds is 5. The Labute approximate surface area is 122 Å². The molecule has 0 aromatic carbocycles. The molecular formula is C14H20N2O3S. The van der Waals surface area contributed by atoms with Crippen LogP contribution in [0.5, 0.6) is 0 Å². The van der Waals surface area contributed by atoms with E-state index < -0.39 is 0 Å². The first-order valence-corrected chi connectivity index (χ1v) is 7.80. The van der Waals surface area contributed by atoms with Crippen LogP contribution < -0.4 is 10.6 Å². The number of aliphatic hydroxyl groups excluding tert-OH is 1. The summed E-state index contributed by atoms with van der Waals surface area (Å²) in [7, 11) is 0.